The second-order valence-electron chi connectivity index (χ2n) is 6.63. The number of halogens is 1. The monoisotopic (exact) mass is 344 g/mol. The fraction of sp³-hybridized carbons (Fsp3) is 0.875. The zero-order valence-electron chi connectivity index (χ0n) is 14.0. The molecule has 0 aromatic heterocycles. The summed E-state index contributed by atoms with van der Waals surface area (Å²) in [5.41, 5.74) is 0. The predicted molar refractivity (Wildman–Crippen MR) is 91.7 cm³/mol. The van der Waals surface area contributed by atoms with Crippen LogP contribution in [0, 0.1) is 0 Å². The summed E-state index contributed by atoms with van der Waals surface area (Å²) in [5, 5.41) is 3.38. The van der Waals surface area contributed by atoms with Gasteiger partial charge in [0.2, 0.25) is 11.8 Å². The van der Waals surface area contributed by atoms with Crippen molar-refractivity contribution in [2.45, 2.75) is 44.7 Å². The normalized spacial score (nSPS) is 27.2. The first-order valence-electron chi connectivity index (χ1n) is 8.73. The molecule has 0 aromatic carbocycles. The van der Waals surface area contributed by atoms with Crippen LogP contribution in [0.15, 0.2) is 0 Å². The third-order valence-electron chi connectivity index (χ3n) is 5.30. The number of hydrogen-bond acceptors (Lipinski definition) is 4. The number of nitrogens with one attached hydrogen (secondary N) is 1. The molecule has 3 heterocycles. The van der Waals surface area contributed by atoms with E-state index in [9.17, 15) is 9.59 Å². The standard InChI is InChI=1S/C16H28N4O2.ClH/c1-2-14(20-8-3-4-15(20)21)16(22)19-9-5-13(12-19)18-10-6-17-7-11-18;/h13-14,17H,2-12H2,1H3;1H. The van der Waals surface area contributed by atoms with Crippen molar-refractivity contribution in [3.8, 4) is 0 Å². The maximum absolute atomic E-state index is 12.8. The van der Waals surface area contributed by atoms with E-state index in [-0.39, 0.29) is 30.3 Å². The van der Waals surface area contributed by atoms with Gasteiger partial charge >= 0.3 is 0 Å². The molecule has 23 heavy (non-hydrogen) atoms. The summed E-state index contributed by atoms with van der Waals surface area (Å²) in [6, 6.07) is 0.259. The topological polar surface area (TPSA) is 55.9 Å². The van der Waals surface area contributed by atoms with Crippen molar-refractivity contribution >= 4 is 24.2 Å². The van der Waals surface area contributed by atoms with Crippen molar-refractivity contribution in [1.82, 2.24) is 20.0 Å². The Labute approximate surface area is 145 Å². The van der Waals surface area contributed by atoms with Crippen LogP contribution >= 0.6 is 12.4 Å². The van der Waals surface area contributed by atoms with E-state index in [1.54, 1.807) is 4.90 Å². The average Bonchev–Trinajstić information content (AvgIpc) is 3.19. The van der Waals surface area contributed by atoms with Crippen molar-refractivity contribution in [2.24, 2.45) is 0 Å². The lowest BCUT2D eigenvalue weighted by Crippen LogP contribution is -2.51. The van der Waals surface area contributed by atoms with Gasteiger partial charge in [0, 0.05) is 58.3 Å². The van der Waals surface area contributed by atoms with E-state index >= 15 is 0 Å². The Balaban J connectivity index is 0.00000192. The minimum absolute atomic E-state index is 0. The van der Waals surface area contributed by atoms with Gasteiger partial charge in [-0.3, -0.25) is 14.5 Å². The molecule has 0 spiro atoms. The molecular weight excluding hydrogens is 316 g/mol. The van der Waals surface area contributed by atoms with E-state index < -0.39 is 0 Å². The summed E-state index contributed by atoms with van der Waals surface area (Å²) in [6.07, 6.45) is 3.29. The van der Waals surface area contributed by atoms with Crippen LogP contribution in [-0.4, -0.2) is 84.4 Å². The van der Waals surface area contributed by atoms with Crippen molar-refractivity contribution in [3.63, 3.8) is 0 Å². The number of carbonyl (C=O) groups excluding carboxylic acids is 2. The highest BCUT2D eigenvalue weighted by atomic mass is 35.5. The number of piperazine rings is 1. The highest BCUT2D eigenvalue weighted by molar-refractivity contribution is 5.88. The molecule has 3 saturated heterocycles. The van der Waals surface area contributed by atoms with Crippen molar-refractivity contribution in [2.75, 3.05) is 45.8 Å². The van der Waals surface area contributed by atoms with Crippen LogP contribution in [0.2, 0.25) is 0 Å². The number of nitrogens with zero attached hydrogens (tertiary/aromatic N) is 3. The van der Waals surface area contributed by atoms with Gasteiger partial charge in [-0.1, -0.05) is 6.92 Å². The first kappa shape index (κ1) is 18.5. The first-order valence-corrected chi connectivity index (χ1v) is 8.73. The molecule has 0 bridgehead atoms. The molecule has 132 valence electrons. The summed E-state index contributed by atoms with van der Waals surface area (Å²) in [7, 11) is 0. The number of carbonyl (C=O) groups is 2. The second kappa shape index (κ2) is 8.31. The molecule has 3 rings (SSSR count). The van der Waals surface area contributed by atoms with Gasteiger partial charge in [-0.05, 0) is 19.3 Å². The van der Waals surface area contributed by atoms with Crippen molar-refractivity contribution in [3.05, 3.63) is 0 Å². The molecule has 2 unspecified atom stereocenters. The minimum Gasteiger partial charge on any atom is -0.339 e. The summed E-state index contributed by atoms with van der Waals surface area (Å²) >= 11 is 0. The van der Waals surface area contributed by atoms with E-state index in [2.05, 4.69) is 10.2 Å². The molecule has 0 aliphatic carbocycles. The van der Waals surface area contributed by atoms with Gasteiger partial charge in [-0.15, -0.1) is 12.4 Å². The van der Waals surface area contributed by atoms with Gasteiger partial charge in [0.25, 0.3) is 0 Å². The highest BCUT2D eigenvalue weighted by Crippen LogP contribution is 2.22. The third-order valence-corrected chi connectivity index (χ3v) is 5.30. The van der Waals surface area contributed by atoms with E-state index in [0.717, 1.165) is 65.1 Å². The predicted octanol–water partition coefficient (Wildman–Crippen LogP) is 0.315. The van der Waals surface area contributed by atoms with Crippen LogP contribution in [0.4, 0.5) is 0 Å². The van der Waals surface area contributed by atoms with Crippen LogP contribution in [0.3, 0.4) is 0 Å². The Kier molecular flexibility index (Phi) is 6.68. The van der Waals surface area contributed by atoms with Crippen LogP contribution in [-0.2, 0) is 9.59 Å². The number of amides is 2. The molecule has 3 fully saturated rings. The summed E-state index contributed by atoms with van der Waals surface area (Å²) < 4.78 is 0. The Bertz CT molecular complexity index is 428. The lowest BCUT2D eigenvalue weighted by molar-refractivity contribution is -0.143. The quantitative estimate of drug-likeness (QED) is 0.798. The van der Waals surface area contributed by atoms with Gasteiger partial charge < -0.3 is 15.1 Å². The SMILES string of the molecule is CCC(C(=O)N1CCC(N2CCNCC2)C1)N1CCCC1=O.Cl. The summed E-state index contributed by atoms with van der Waals surface area (Å²) in [4.78, 5) is 31.1. The fourth-order valence-corrected chi connectivity index (χ4v) is 4.02. The molecule has 2 amide bonds. The Morgan fingerprint density at radius 3 is 2.61 bits per heavy atom. The van der Waals surface area contributed by atoms with Gasteiger partial charge in [0.15, 0.2) is 0 Å². The second-order valence-corrected chi connectivity index (χ2v) is 6.63. The van der Waals surface area contributed by atoms with Crippen molar-refractivity contribution in [1.29, 1.82) is 0 Å². The van der Waals surface area contributed by atoms with Gasteiger partial charge in [0.05, 0.1) is 0 Å². The van der Waals surface area contributed by atoms with E-state index in [1.165, 1.54) is 0 Å². The van der Waals surface area contributed by atoms with E-state index in [0.29, 0.717) is 12.5 Å². The first-order chi connectivity index (χ1) is 10.7. The number of rotatable bonds is 4. The van der Waals surface area contributed by atoms with Crippen molar-refractivity contribution < 1.29 is 9.59 Å². The van der Waals surface area contributed by atoms with E-state index in [4.69, 9.17) is 0 Å². The lowest BCUT2D eigenvalue weighted by atomic mass is 10.1. The van der Waals surface area contributed by atoms with Crippen LogP contribution < -0.4 is 5.32 Å². The third kappa shape index (κ3) is 3.98. The van der Waals surface area contributed by atoms with Crippen LogP contribution in [0.1, 0.15) is 32.6 Å². The fourth-order valence-electron chi connectivity index (χ4n) is 4.02. The molecule has 1 N–H and O–H groups in total. The molecule has 3 aliphatic heterocycles. The maximum atomic E-state index is 12.8. The van der Waals surface area contributed by atoms with Gasteiger partial charge in [-0.2, -0.15) is 0 Å². The molecule has 6 nitrogen and oxygen atoms in total. The zero-order chi connectivity index (χ0) is 15.5. The lowest BCUT2D eigenvalue weighted by Gasteiger charge is -2.33. The number of hydrogen-bond donors (Lipinski definition) is 1. The van der Waals surface area contributed by atoms with E-state index in [1.807, 2.05) is 11.8 Å². The molecule has 0 saturated carbocycles. The van der Waals surface area contributed by atoms with Crippen LogP contribution in [0.25, 0.3) is 0 Å². The molecule has 3 aliphatic rings. The van der Waals surface area contributed by atoms with Crippen LogP contribution in [0.5, 0.6) is 0 Å². The Morgan fingerprint density at radius 2 is 2.00 bits per heavy atom. The summed E-state index contributed by atoms with van der Waals surface area (Å²) in [6.45, 7) is 8.68. The molecule has 0 aromatic rings. The Morgan fingerprint density at radius 1 is 1.26 bits per heavy atom. The van der Waals surface area contributed by atoms with Gasteiger partial charge in [-0.25, -0.2) is 0 Å². The number of likely N-dealkylation sites (tertiary alicyclic amines) is 2. The molecular formula is C16H29ClN4O2. The largest absolute Gasteiger partial charge is 0.339 e. The zero-order valence-corrected chi connectivity index (χ0v) is 14.8. The smallest absolute Gasteiger partial charge is 0.245 e. The maximum Gasteiger partial charge on any atom is 0.245 e. The summed E-state index contributed by atoms with van der Waals surface area (Å²) in [5.74, 6) is 0.313. The average molecular weight is 345 g/mol. The minimum atomic E-state index is -0.239. The Hall–Kier alpha value is -0.850. The molecule has 7 heteroatoms. The molecule has 0 radical (unpaired) electrons. The highest BCUT2D eigenvalue weighted by Gasteiger charge is 2.37. The van der Waals surface area contributed by atoms with Gasteiger partial charge in [0.1, 0.15) is 6.04 Å². The molecule has 2 atom stereocenters.